The molecule has 1 aliphatic heterocycles. The number of hydrogen-bond acceptors (Lipinski definition) is 5. The number of fused-ring (bicyclic) bond motifs is 1. The van der Waals surface area contributed by atoms with Crippen molar-refractivity contribution in [3.05, 3.63) is 77.6 Å². The SMILES string of the molecule is C=C1CC(c2nc3ccc(C(C)(C)C)cc3[nH]2)N(C(=O)c2c(-n3nccn3)ccc(OC)c2F)C1. The molecule has 4 aromatic rings. The number of halogens is 1. The van der Waals surface area contributed by atoms with Crippen molar-refractivity contribution in [2.24, 2.45) is 0 Å². The molecule has 1 atom stereocenters. The van der Waals surface area contributed by atoms with Gasteiger partial charge >= 0.3 is 0 Å². The summed E-state index contributed by atoms with van der Waals surface area (Å²) in [4.78, 5) is 24.8. The molecule has 1 aliphatic rings. The van der Waals surface area contributed by atoms with Gasteiger partial charge in [0.05, 0.1) is 36.6 Å². The number of aromatic nitrogens is 5. The second kappa shape index (κ2) is 8.33. The summed E-state index contributed by atoms with van der Waals surface area (Å²) in [5.74, 6) is -0.659. The highest BCUT2D eigenvalue weighted by molar-refractivity contribution is 5.99. The summed E-state index contributed by atoms with van der Waals surface area (Å²) < 4.78 is 20.6. The van der Waals surface area contributed by atoms with Crippen LogP contribution in [0.25, 0.3) is 16.7 Å². The fourth-order valence-electron chi connectivity index (χ4n) is 4.47. The van der Waals surface area contributed by atoms with Crippen LogP contribution < -0.4 is 4.74 Å². The van der Waals surface area contributed by atoms with Gasteiger partial charge < -0.3 is 14.6 Å². The molecular formula is C26H27FN6O2. The van der Waals surface area contributed by atoms with Crippen LogP contribution in [0.3, 0.4) is 0 Å². The van der Waals surface area contributed by atoms with Crippen molar-refractivity contribution in [1.82, 2.24) is 29.9 Å². The van der Waals surface area contributed by atoms with Gasteiger partial charge in [0.1, 0.15) is 17.1 Å². The number of nitrogens with zero attached hydrogens (tertiary/aromatic N) is 5. The van der Waals surface area contributed by atoms with Crippen LogP contribution in [0.15, 0.2) is 54.9 Å². The van der Waals surface area contributed by atoms with Gasteiger partial charge in [-0.1, -0.05) is 39.0 Å². The summed E-state index contributed by atoms with van der Waals surface area (Å²) in [5.41, 5.74) is 3.81. The lowest BCUT2D eigenvalue weighted by Gasteiger charge is -2.24. The Morgan fingerprint density at radius 3 is 2.63 bits per heavy atom. The molecule has 1 saturated heterocycles. The molecular weight excluding hydrogens is 447 g/mol. The van der Waals surface area contributed by atoms with Crippen molar-refractivity contribution < 1.29 is 13.9 Å². The van der Waals surface area contributed by atoms with Crippen LogP contribution in [-0.2, 0) is 5.41 Å². The zero-order valence-electron chi connectivity index (χ0n) is 20.2. The summed E-state index contributed by atoms with van der Waals surface area (Å²) in [7, 11) is 1.36. The Labute approximate surface area is 202 Å². The number of carbonyl (C=O) groups excluding carboxylic acids is 1. The standard InChI is InChI=1S/C26H27FN6O2/c1-15-12-20(24-30-17-7-6-16(26(2,3)4)13-18(17)31-24)32(14-15)25(34)22-19(33-28-10-11-29-33)8-9-21(35-5)23(22)27/h6-11,13,20H,1,12,14H2,2-5H3,(H,30,31). The van der Waals surface area contributed by atoms with Gasteiger partial charge in [0.2, 0.25) is 0 Å². The molecule has 3 heterocycles. The van der Waals surface area contributed by atoms with E-state index in [4.69, 9.17) is 9.72 Å². The Morgan fingerprint density at radius 1 is 1.20 bits per heavy atom. The Balaban J connectivity index is 1.58. The molecule has 1 amide bonds. The summed E-state index contributed by atoms with van der Waals surface area (Å²) in [5, 5.41) is 8.19. The number of imidazole rings is 1. The Kier molecular flexibility index (Phi) is 5.42. The molecule has 1 N–H and O–H groups in total. The van der Waals surface area contributed by atoms with E-state index in [1.54, 1.807) is 11.0 Å². The average molecular weight is 475 g/mol. The number of rotatable bonds is 4. The molecule has 2 aromatic carbocycles. The molecule has 35 heavy (non-hydrogen) atoms. The number of methoxy groups -OCH3 is 1. The highest BCUT2D eigenvalue weighted by Gasteiger charge is 2.37. The van der Waals surface area contributed by atoms with Crippen molar-refractivity contribution in [2.45, 2.75) is 38.6 Å². The highest BCUT2D eigenvalue weighted by Crippen LogP contribution is 2.37. The number of H-pyrrole nitrogens is 1. The maximum Gasteiger partial charge on any atom is 0.260 e. The van der Waals surface area contributed by atoms with Crippen LogP contribution in [-0.4, -0.2) is 49.4 Å². The van der Waals surface area contributed by atoms with Crippen LogP contribution in [0.1, 0.15) is 55.0 Å². The lowest BCUT2D eigenvalue weighted by atomic mass is 9.87. The summed E-state index contributed by atoms with van der Waals surface area (Å²) in [6, 6.07) is 8.75. The van der Waals surface area contributed by atoms with Crippen LogP contribution in [0.5, 0.6) is 5.75 Å². The fourth-order valence-corrected chi connectivity index (χ4v) is 4.47. The fraction of sp³-hybridized carbons (Fsp3) is 0.308. The Bertz CT molecular complexity index is 1430. The summed E-state index contributed by atoms with van der Waals surface area (Å²) in [6.07, 6.45) is 3.47. The maximum atomic E-state index is 15.5. The molecule has 0 saturated carbocycles. The van der Waals surface area contributed by atoms with E-state index in [0.717, 1.165) is 16.6 Å². The van der Waals surface area contributed by atoms with Gasteiger partial charge in [-0.2, -0.15) is 15.0 Å². The largest absolute Gasteiger partial charge is 0.494 e. The van der Waals surface area contributed by atoms with E-state index in [9.17, 15) is 4.79 Å². The van der Waals surface area contributed by atoms with Crippen LogP contribution in [0.4, 0.5) is 4.39 Å². The predicted molar refractivity (Wildman–Crippen MR) is 130 cm³/mol. The first-order valence-corrected chi connectivity index (χ1v) is 11.4. The minimum atomic E-state index is -0.761. The van der Waals surface area contributed by atoms with Gasteiger partial charge in [0.25, 0.3) is 5.91 Å². The van der Waals surface area contributed by atoms with Gasteiger partial charge in [0, 0.05) is 6.54 Å². The molecule has 1 fully saturated rings. The normalized spacial score (nSPS) is 16.3. The molecule has 8 nitrogen and oxygen atoms in total. The molecule has 0 bridgehead atoms. The number of ether oxygens (including phenoxy) is 1. The van der Waals surface area contributed by atoms with E-state index in [2.05, 4.69) is 54.7 Å². The number of aromatic amines is 1. The Morgan fingerprint density at radius 2 is 1.94 bits per heavy atom. The topological polar surface area (TPSA) is 88.9 Å². The first-order valence-electron chi connectivity index (χ1n) is 11.4. The molecule has 0 aliphatic carbocycles. The zero-order chi connectivity index (χ0) is 24.9. The van der Waals surface area contributed by atoms with Gasteiger partial charge in [-0.25, -0.2) is 9.37 Å². The second-order valence-electron chi connectivity index (χ2n) is 9.80. The Hall–Kier alpha value is -4.01. The molecule has 5 rings (SSSR count). The number of likely N-dealkylation sites (tertiary alicyclic amines) is 1. The third kappa shape index (κ3) is 3.96. The number of carbonyl (C=O) groups is 1. The van der Waals surface area contributed by atoms with Crippen LogP contribution >= 0.6 is 0 Å². The number of benzene rings is 2. The van der Waals surface area contributed by atoms with E-state index < -0.39 is 17.8 Å². The predicted octanol–water partition coefficient (Wildman–Crippen LogP) is 4.73. The minimum Gasteiger partial charge on any atom is -0.494 e. The van der Waals surface area contributed by atoms with Crippen molar-refractivity contribution in [1.29, 1.82) is 0 Å². The number of nitrogens with one attached hydrogen (secondary N) is 1. The molecule has 0 spiro atoms. The summed E-state index contributed by atoms with van der Waals surface area (Å²) >= 11 is 0. The number of amides is 1. The van der Waals surface area contributed by atoms with Crippen LogP contribution in [0, 0.1) is 5.82 Å². The van der Waals surface area contributed by atoms with E-state index in [-0.39, 0.29) is 29.0 Å². The molecule has 1 unspecified atom stereocenters. The molecule has 2 aromatic heterocycles. The van der Waals surface area contributed by atoms with Gasteiger partial charge in [0.15, 0.2) is 11.6 Å². The quantitative estimate of drug-likeness (QED) is 0.432. The van der Waals surface area contributed by atoms with E-state index >= 15 is 4.39 Å². The smallest absolute Gasteiger partial charge is 0.260 e. The van der Waals surface area contributed by atoms with Crippen molar-refractivity contribution in [2.75, 3.05) is 13.7 Å². The highest BCUT2D eigenvalue weighted by atomic mass is 19.1. The summed E-state index contributed by atoms with van der Waals surface area (Å²) in [6.45, 7) is 10.9. The van der Waals surface area contributed by atoms with E-state index in [0.29, 0.717) is 12.2 Å². The van der Waals surface area contributed by atoms with Crippen molar-refractivity contribution in [3.8, 4) is 11.4 Å². The average Bonchev–Trinajstić information content (AvgIpc) is 3.56. The maximum absolute atomic E-state index is 15.5. The van der Waals surface area contributed by atoms with Gasteiger partial charge in [-0.15, -0.1) is 0 Å². The number of hydrogen-bond donors (Lipinski definition) is 1. The third-order valence-electron chi connectivity index (χ3n) is 6.35. The first-order chi connectivity index (χ1) is 16.7. The van der Waals surface area contributed by atoms with E-state index in [1.807, 2.05) is 6.07 Å². The first kappa shape index (κ1) is 22.8. The van der Waals surface area contributed by atoms with E-state index in [1.165, 1.54) is 35.9 Å². The minimum absolute atomic E-state index is 0.00998. The third-order valence-corrected chi connectivity index (χ3v) is 6.35. The monoisotopic (exact) mass is 474 g/mol. The molecule has 0 radical (unpaired) electrons. The van der Waals surface area contributed by atoms with Gasteiger partial charge in [-0.05, 0) is 41.7 Å². The second-order valence-corrected chi connectivity index (χ2v) is 9.80. The van der Waals surface area contributed by atoms with Crippen LogP contribution in [0.2, 0.25) is 0 Å². The lowest BCUT2D eigenvalue weighted by molar-refractivity contribution is 0.0727. The van der Waals surface area contributed by atoms with Crippen molar-refractivity contribution in [3.63, 3.8) is 0 Å². The molecule has 9 heteroatoms. The lowest BCUT2D eigenvalue weighted by Crippen LogP contribution is -2.33. The van der Waals surface area contributed by atoms with Gasteiger partial charge in [-0.3, -0.25) is 4.79 Å². The zero-order valence-corrected chi connectivity index (χ0v) is 20.2. The van der Waals surface area contributed by atoms with Crippen molar-refractivity contribution >= 4 is 16.9 Å². The molecule has 180 valence electrons.